The van der Waals surface area contributed by atoms with Crippen molar-refractivity contribution in [1.82, 2.24) is 9.97 Å². The summed E-state index contributed by atoms with van der Waals surface area (Å²) in [6.45, 7) is 12.0. The molecule has 0 bridgehead atoms. The summed E-state index contributed by atoms with van der Waals surface area (Å²) in [6, 6.07) is 8.30. The third-order valence-corrected chi connectivity index (χ3v) is 5.23. The molecule has 1 heterocycles. The molecule has 0 spiro atoms. The first-order valence-corrected chi connectivity index (χ1v) is 10.0. The average Bonchev–Trinajstić information content (AvgIpc) is 2.59. The van der Waals surface area contributed by atoms with Crippen LogP contribution in [0.2, 0.25) is 0 Å². The standard InChI is InChI=1S/C21H26N4OS/c1-12(2)16-8-7-9-17(13(3)4)20(16)25-19(26)11-27-21-18(10-22)14(5)23-15(6)24-21/h7-9,12-13H,11H2,1-6H3,(H,25,26). The van der Waals surface area contributed by atoms with Crippen LogP contribution in [-0.2, 0) is 4.79 Å². The monoisotopic (exact) mass is 382 g/mol. The maximum Gasteiger partial charge on any atom is 0.234 e. The van der Waals surface area contributed by atoms with Crippen LogP contribution in [0.25, 0.3) is 0 Å². The lowest BCUT2D eigenvalue weighted by Crippen LogP contribution is -2.18. The van der Waals surface area contributed by atoms with Gasteiger partial charge < -0.3 is 5.32 Å². The molecule has 5 nitrogen and oxygen atoms in total. The SMILES string of the molecule is Cc1nc(C)c(C#N)c(SCC(=O)Nc2c(C(C)C)cccc2C(C)C)n1. The fourth-order valence-electron chi connectivity index (χ4n) is 2.92. The second kappa shape index (κ2) is 9.01. The summed E-state index contributed by atoms with van der Waals surface area (Å²) in [6.07, 6.45) is 0. The molecule has 1 aromatic carbocycles. The Labute approximate surface area is 165 Å². The molecule has 0 unspecified atom stereocenters. The lowest BCUT2D eigenvalue weighted by molar-refractivity contribution is -0.113. The Morgan fingerprint density at radius 3 is 2.26 bits per heavy atom. The van der Waals surface area contributed by atoms with Crippen molar-refractivity contribution in [3.8, 4) is 6.07 Å². The van der Waals surface area contributed by atoms with E-state index in [0.29, 0.717) is 33.9 Å². The molecule has 0 atom stereocenters. The number of benzene rings is 1. The Morgan fingerprint density at radius 1 is 1.15 bits per heavy atom. The predicted molar refractivity (Wildman–Crippen MR) is 110 cm³/mol. The molecule has 6 heteroatoms. The van der Waals surface area contributed by atoms with Crippen molar-refractivity contribution in [2.45, 2.75) is 58.4 Å². The van der Waals surface area contributed by atoms with E-state index < -0.39 is 0 Å². The normalized spacial score (nSPS) is 10.9. The van der Waals surface area contributed by atoms with Crippen LogP contribution >= 0.6 is 11.8 Å². The van der Waals surface area contributed by atoms with Gasteiger partial charge in [0.2, 0.25) is 5.91 Å². The Balaban J connectivity index is 2.22. The van der Waals surface area contributed by atoms with Crippen LogP contribution < -0.4 is 5.32 Å². The van der Waals surface area contributed by atoms with Gasteiger partial charge in [-0.05, 0) is 36.8 Å². The topological polar surface area (TPSA) is 78.7 Å². The minimum absolute atomic E-state index is 0.104. The molecule has 1 aromatic heterocycles. The maximum atomic E-state index is 12.6. The van der Waals surface area contributed by atoms with Crippen LogP contribution in [0, 0.1) is 25.2 Å². The average molecular weight is 383 g/mol. The van der Waals surface area contributed by atoms with E-state index in [1.807, 2.05) is 6.07 Å². The maximum absolute atomic E-state index is 12.6. The lowest BCUT2D eigenvalue weighted by Gasteiger charge is -2.20. The zero-order valence-electron chi connectivity index (χ0n) is 16.8. The first kappa shape index (κ1) is 20.9. The highest BCUT2D eigenvalue weighted by molar-refractivity contribution is 8.00. The largest absolute Gasteiger partial charge is 0.325 e. The number of aryl methyl sites for hydroxylation is 2. The van der Waals surface area contributed by atoms with Crippen LogP contribution in [-0.4, -0.2) is 21.6 Å². The van der Waals surface area contributed by atoms with Gasteiger partial charge in [-0.3, -0.25) is 4.79 Å². The van der Waals surface area contributed by atoms with Gasteiger partial charge in [0.15, 0.2) is 0 Å². The van der Waals surface area contributed by atoms with Crippen LogP contribution in [0.4, 0.5) is 5.69 Å². The van der Waals surface area contributed by atoms with Crippen molar-refractivity contribution in [3.05, 3.63) is 46.4 Å². The number of nitriles is 1. The van der Waals surface area contributed by atoms with Crippen LogP contribution in [0.15, 0.2) is 23.2 Å². The summed E-state index contributed by atoms with van der Waals surface area (Å²) in [4.78, 5) is 21.2. The molecule has 0 fully saturated rings. The van der Waals surface area contributed by atoms with Gasteiger partial charge >= 0.3 is 0 Å². The number of rotatable bonds is 6. The van der Waals surface area contributed by atoms with Crippen molar-refractivity contribution in [2.24, 2.45) is 0 Å². The number of para-hydroxylation sites is 1. The van der Waals surface area contributed by atoms with E-state index in [-0.39, 0.29) is 11.7 Å². The molecule has 2 aromatic rings. The Hall–Kier alpha value is -2.39. The number of anilines is 1. The quantitative estimate of drug-likeness (QED) is 0.565. The summed E-state index contributed by atoms with van der Waals surface area (Å²) < 4.78 is 0. The highest BCUT2D eigenvalue weighted by Gasteiger charge is 2.17. The molecule has 2 rings (SSSR count). The Bertz CT molecular complexity index is 858. The number of amides is 1. The van der Waals surface area contributed by atoms with Gasteiger partial charge in [-0.25, -0.2) is 9.97 Å². The summed E-state index contributed by atoms with van der Waals surface area (Å²) in [5, 5.41) is 13.0. The van der Waals surface area contributed by atoms with Gasteiger partial charge in [0.05, 0.1) is 11.4 Å². The Kier molecular flexibility index (Phi) is 6.98. The second-order valence-electron chi connectivity index (χ2n) is 7.11. The number of nitrogens with zero attached hydrogens (tertiary/aromatic N) is 3. The van der Waals surface area contributed by atoms with E-state index in [0.717, 1.165) is 16.8 Å². The zero-order chi connectivity index (χ0) is 20.1. The first-order valence-electron chi connectivity index (χ1n) is 9.05. The number of nitrogens with one attached hydrogen (secondary N) is 1. The predicted octanol–water partition coefficient (Wildman–Crippen LogP) is 4.94. The van der Waals surface area contributed by atoms with Gasteiger partial charge in [-0.15, -0.1) is 0 Å². The number of hydrogen-bond donors (Lipinski definition) is 1. The molecule has 142 valence electrons. The molecular formula is C21H26N4OS. The molecular weight excluding hydrogens is 356 g/mol. The molecule has 0 saturated carbocycles. The highest BCUT2D eigenvalue weighted by Crippen LogP contribution is 2.32. The summed E-state index contributed by atoms with van der Waals surface area (Å²) in [5.74, 6) is 1.30. The smallest absolute Gasteiger partial charge is 0.234 e. The molecule has 1 amide bonds. The van der Waals surface area contributed by atoms with E-state index in [4.69, 9.17) is 0 Å². The van der Waals surface area contributed by atoms with Gasteiger partial charge in [-0.1, -0.05) is 57.7 Å². The second-order valence-corrected chi connectivity index (χ2v) is 8.07. The molecule has 0 saturated heterocycles. The summed E-state index contributed by atoms with van der Waals surface area (Å²) in [7, 11) is 0. The summed E-state index contributed by atoms with van der Waals surface area (Å²) >= 11 is 1.27. The third-order valence-electron chi connectivity index (χ3n) is 4.26. The van der Waals surface area contributed by atoms with Crippen LogP contribution in [0.5, 0.6) is 0 Å². The van der Waals surface area contributed by atoms with Gasteiger partial charge in [0, 0.05) is 5.69 Å². The van der Waals surface area contributed by atoms with E-state index in [1.165, 1.54) is 11.8 Å². The lowest BCUT2D eigenvalue weighted by atomic mass is 9.92. The van der Waals surface area contributed by atoms with Gasteiger partial charge in [0.25, 0.3) is 0 Å². The van der Waals surface area contributed by atoms with E-state index >= 15 is 0 Å². The number of carbonyl (C=O) groups excluding carboxylic acids is 1. The van der Waals surface area contributed by atoms with Crippen molar-refractivity contribution >= 4 is 23.4 Å². The van der Waals surface area contributed by atoms with Crippen molar-refractivity contribution < 1.29 is 4.79 Å². The van der Waals surface area contributed by atoms with Crippen molar-refractivity contribution in [1.29, 1.82) is 5.26 Å². The van der Waals surface area contributed by atoms with Crippen LogP contribution in [0.3, 0.4) is 0 Å². The molecule has 0 aliphatic rings. The fourth-order valence-corrected chi connectivity index (χ4v) is 3.79. The third kappa shape index (κ3) is 5.08. The fraction of sp³-hybridized carbons (Fsp3) is 0.429. The van der Waals surface area contributed by atoms with E-state index in [1.54, 1.807) is 13.8 Å². The molecule has 0 aliphatic carbocycles. The van der Waals surface area contributed by atoms with E-state index in [9.17, 15) is 10.1 Å². The van der Waals surface area contributed by atoms with Gasteiger partial charge in [0.1, 0.15) is 22.5 Å². The van der Waals surface area contributed by atoms with E-state index in [2.05, 4.69) is 61.2 Å². The van der Waals surface area contributed by atoms with Crippen LogP contribution in [0.1, 0.15) is 67.7 Å². The molecule has 0 radical (unpaired) electrons. The molecule has 27 heavy (non-hydrogen) atoms. The summed E-state index contributed by atoms with van der Waals surface area (Å²) in [5.41, 5.74) is 4.24. The Morgan fingerprint density at radius 2 is 1.74 bits per heavy atom. The number of hydrogen-bond acceptors (Lipinski definition) is 5. The number of thioether (sulfide) groups is 1. The minimum atomic E-state index is -0.104. The molecule has 1 N–H and O–H groups in total. The van der Waals surface area contributed by atoms with Gasteiger partial charge in [-0.2, -0.15) is 5.26 Å². The van der Waals surface area contributed by atoms with Crippen molar-refractivity contribution in [3.63, 3.8) is 0 Å². The number of carbonyl (C=O) groups is 1. The highest BCUT2D eigenvalue weighted by atomic mass is 32.2. The number of aromatic nitrogens is 2. The van der Waals surface area contributed by atoms with Crippen molar-refractivity contribution in [2.75, 3.05) is 11.1 Å². The molecule has 0 aliphatic heterocycles. The zero-order valence-corrected chi connectivity index (χ0v) is 17.6. The first-order chi connectivity index (χ1) is 12.7. The minimum Gasteiger partial charge on any atom is -0.325 e.